The van der Waals surface area contributed by atoms with Crippen LogP contribution in [0.1, 0.15) is 26.7 Å². The molecule has 1 N–H and O–H groups in total. The van der Waals surface area contributed by atoms with Crippen molar-refractivity contribution < 1.29 is 9.53 Å². The van der Waals surface area contributed by atoms with Crippen LogP contribution in [0, 0.1) is 5.92 Å². The predicted molar refractivity (Wildman–Crippen MR) is 59.8 cm³/mol. The van der Waals surface area contributed by atoms with E-state index in [1.165, 1.54) is 6.42 Å². The molecule has 0 spiro atoms. The number of carbonyl (C=O) groups excluding carboxylic acids is 1. The third kappa shape index (κ3) is 4.08. The second kappa shape index (κ2) is 5.95. The fourth-order valence-corrected chi connectivity index (χ4v) is 1.93. The first-order valence-corrected chi connectivity index (χ1v) is 5.73. The van der Waals surface area contributed by atoms with Crippen molar-refractivity contribution in [2.45, 2.75) is 32.8 Å². The van der Waals surface area contributed by atoms with Gasteiger partial charge in [0.25, 0.3) is 0 Å². The predicted octanol–water partition coefficient (Wildman–Crippen LogP) is 1.46. The lowest BCUT2D eigenvalue weighted by Crippen LogP contribution is -2.41. The van der Waals surface area contributed by atoms with Crippen molar-refractivity contribution >= 4 is 6.09 Å². The zero-order valence-electron chi connectivity index (χ0n) is 9.95. The summed E-state index contributed by atoms with van der Waals surface area (Å²) in [5.74, 6) is 0.603. The molecule has 1 amide bonds. The van der Waals surface area contributed by atoms with Gasteiger partial charge in [0, 0.05) is 19.6 Å². The lowest BCUT2D eigenvalue weighted by molar-refractivity contribution is 0.0587. The summed E-state index contributed by atoms with van der Waals surface area (Å²) in [5, 5.41) is 2.99. The Bertz CT molecular complexity index is 209. The van der Waals surface area contributed by atoms with E-state index < -0.39 is 0 Å². The van der Waals surface area contributed by atoms with Gasteiger partial charge in [-0.15, -0.1) is 0 Å². The first kappa shape index (κ1) is 12.3. The van der Waals surface area contributed by atoms with Crippen molar-refractivity contribution in [3.05, 3.63) is 0 Å². The molecule has 1 fully saturated rings. The Balaban J connectivity index is 2.32. The van der Waals surface area contributed by atoms with Crippen LogP contribution in [-0.4, -0.2) is 43.8 Å². The molecule has 1 heterocycles. The molecule has 1 rings (SSSR count). The number of nitrogens with one attached hydrogen (secondary N) is 1. The van der Waals surface area contributed by atoms with E-state index in [-0.39, 0.29) is 12.2 Å². The van der Waals surface area contributed by atoms with Gasteiger partial charge in [-0.1, -0.05) is 6.92 Å². The first-order valence-electron chi connectivity index (χ1n) is 5.73. The minimum atomic E-state index is -0.163. The Hall–Kier alpha value is -0.770. The molecule has 1 saturated heterocycles. The van der Waals surface area contributed by atoms with Gasteiger partial charge < -0.3 is 15.0 Å². The lowest BCUT2D eigenvalue weighted by atomic mass is 10.0. The number of hydrogen-bond acceptors (Lipinski definition) is 3. The Morgan fingerprint density at radius 3 is 3.00 bits per heavy atom. The monoisotopic (exact) mass is 214 g/mol. The molecule has 0 radical (unpaired) electrons. The van der Waals surface area contributed by atoms with Crippen LogP contribution in [0.15, 0.2) is 0 Å². The molecule has 4 nitrogen and oxygen atoms in total. The number of carbonyl (C=O) groups is 1. The Kier molecular flexibility index (Phi) is 4.88. The van der Waals surface area contributed by atoms with Gasteiger partial charge in [0.2, 0.25) is 0 Å². The van der Waals surface area contributed by atoms with Gasteiger partial charge in [-0.25, -0.2) is 4.79 Å². The van der Waals surface area contributed by atoms with Crippen LogP contribution < -0.4 is 5.32 Å². The van der Waals surface area contributed by atoms with Gasteiger partial charge in [-0.2, -0.15) is 0 Å². The van der Waals surface area contributed by atoms with Crippen molar-refractivity contribution in [1.29, 1.82) is 0 Å². The molecular formula is C11H22N2O2. The third-order valence-electron chi connectivity index (χ3n) is 2.71. The van der Waals surface area contributed by atoms with Crippen molar-refractivity contribution in [1.82, 2.24) is 10.2 Å². The van der Waals surface area contributed by atoms with Gasteiger partial charge in [0.1, 0.15) is 6.10 Å². The van der Waals surface area contributed by atoms with E-state index in [1.807, 2.05) is 18.9 Å². The maximum atomic E-state index is 11.7. The second-order valence-corrected chi connectivity index (χ2v) is 4.45. The van der Waals surface area contributed by atoms with Crippen molar-refractivity contribution in [2.75, 3.05) is 26.7 Å². The minimum Gasteiger partial charge on any atom is -0.445 e. The van der Waals surface area contributed by atoms with Crippen LogP contribution in [-0.2, 0) is 4.74 Å². The van der Waals surface area contributed by atoms with E-state index >= 15 is 0 Å². The maximum absolute atomic E-state index is 11.7. The summed E-state index contributed by atoms with van der Waals surface area (Å²) in [6.45, 7) is 6.47. The van der Waals surface area contributed by atoms with E-state index in [0.717, 1.165) is 19.5 Å². The van der Waals surface area contributed by atoms with Crippen LogP contribution >= 0.6 is 0 Å². The number of ether oxygens (including phenoxy) is 1. The van der Waals surface area contributed by atoms with E-state index in [9.17, 15) is 4.79 Å². The lowest BCUT2D eigenvalue weighted by Gasteiger charge is -2.31. The summed E-state index contributed by atoms with van der Waals surface area (Å²) in [6.07, 6.45) is 2.09. The largest absolute Gasteiger partial charge is 0.445 e. The number of likely N-dealkylation sites (N-methyl/N-ethyl adjacent to an activating group) is 1. The summed E-state index contributed by atoms with van der Waals surface area (Å²) in [7, 11) is 1.85. The molecule has 0 aromatic carbocycles. The molecule has 0 aliphatic carbocycles. The quantitative estimate of drug-likeness (QED) is 0.773. The summed E-state index contributed by atoms with van der Waals surface area (Å²) >= 11 is 0. The zero-order chi connectivity index (χ0) is 11.3. The number of piperidine rings is 1. The fraction of sp³-hybridized carbons (Fsp3) is 0.909. The smallest absolute Gasteiger partial charge is 0.410 e. The number of likely N-dealkylation sites (tertiary alicyclic amines) is 1. The Morgan fingerprint density at radius 1 is 1.67 bits per heavy atom. The minimum absolute atomic E-state index is 0.0558. The highest BCUT2D eigenvalue weighted by atomic mass is 16.6. The van der Waals surface area contributed by atoms with Gasteiger partial charge in [-0.05, 0) is 32.7 Å². The average Bonchev–Trinajstić information content (AvgIpc) is 2.18. The Morgan fingerprint density at radius 2 is 2.40 bits per heavy atom. The fourth-order valence-electron chi connectivity index (χ4n) is 1.93. The van der Waals surface area contributed by atoms with E-state index in [0.29, 0.717) is 12.5 Å². The maximum Gasteiger partial charge on any atom is 0.410 e. The first-order chi connectivity index (χ1) is 7.13. The molecule has 4 heteroatoms. The standard InChI is InChI=1S/C11H22N2O2/c1-9-5-4-6-13(8-9)11(14)15-10(2)7-12-3/h9-10,12H,4-8H2,1-3H3. The van der Waals surface area contributed by atoms with E-state index in [1.54, 1.807) is 0 Å². The van der Waals surface area contributed by atoms with Gasteiger partial charge in [0.15, 0.2) is 0 Å². The van der Waals surface area contributed by atoms with E-state index in [4.69, 9.17) is 4.74 Å². The molecule has 0 aromatic rings. The number of amides is 1. The molecule has 2 unspecified atom stereocenters. The molecular weight excluding hydrogens is 192 g/mol. The van der Waals surface area contributed by atoms with Crippen LogP contribution in [0.4, 0.5) is 4.79 Å². The van der Waals surface area contributed by atoms with Gasteiger partial charge in [0.05, 0.1) is 0 Å². The molecule has 2 atom stereocenters. The van der Waals surface area contributed by atoms with Crippen LogP contribution in [0.2, 0.25) is 0 Å². The molecule has 0 aromatic heterocycles. The summed E-state index contributed by atoms with van der Waals surface area (Å²) < 4.78 is 5.30. The number of rotatable bonds is 3. The van der Waals surface area contributed by atoms with Crippen molar-refractivity contribution in [2.24, 2.45) is 5.92 Å². The third-order valence-corrected chi connectivity index (χ3v) is 2.71. The molecule has 0 bridgehead atoms. The summed E-state index contributed by atoms with van der Waals surface area (Å²) in [5.41, 5.74) is 0. The highest BCUT2D eigenvalue weighted by molar-refractivity contribution is 5.67. The Labute approximate surface area is 92.0 Å². The van der Waals surface area contributed by atoms with Gasteiger partial charge >= 0.3 is 6.09 Å². The topological polar surface area (TPSA) is 41.6 Å². The van der Waals surface area contributed by atoms with Gasteiger partial charge in [-0.3, -0.25) is 0 Å². The number of hydrogen-bond donors (Lipinski definition) is 1. The molecule has 88 valence electrons. The molecule has 15 heavy (non-hydrogen) atoms. The normalized spacial score (nSPS) is 23.7. The highest BCUT2D eigenvalue weighted by Crippen LogP contribution is 2.16. The van der Waals surface area contributed by atoms with Crippen LogP contribution in [0.3, 0.4) is 0 Å². The molecule has 0 saturated carbocycles. The van der Waals surface area contributed by atoms with Crippen LogP contribution in [0.5, 0.6) is 0 Å². The highest BCUT2D eigenvalue weighted by Gasteiger charge is 2.23. The average molecular weight is 214 g/mol. The SMILES string of the molecule is CNCC(C)OC(=O)N1CCCC(C)C1. The second-order valence-electron chi connectivity index (χ2n) is 4.45. The summed E-state index contributed by atoms with van der Waals surface area (Å²) in [6, 6.07) is 0. The van der Waals surface area contributed by atoms with Crippen molar-refractivity contribution in [3.63, 3.8) is 0 Å². The van der Waals surface area contributed by atoms with Crippen molar-refractivity contribution in [3.8, 4) is 0 Å². The van der Waals surface area contributed by atoms with Crippen LogP contribution in [0.25, 0.3) is 0 Å². The zero-order valence-corrected chi connectivity index (χ0v) is 9.95. The molecule has 1 aliphatic heterocycles. The van der Waals surface area contributed by atoms with E-state index in [2.05, 4.69) is 12.2 Å². The molecule has 1 aliphatic rings. The summed E-state index contributed by atoms with van der Waals surface area (Å²) in [4.78, 5) is 13.5. The number of nitrogens with zero attached hydrogens (tertiary/aromatic N) is 1.